The number of ether oxygens (including phenoxy) is 2. The lowest BCUT2D eigenvalue weighted by atomic mass is 10.2. The second kappa shape index (κ2) is 12.0. The van der Waals surface area contributed by atoms with Gasteiger partial charge in [-0.05, 0) is 36.2 Å². The minimum absolute atomic E-state index is 0.00236. The minimum atomic E-state index is -2.99. The maximum atomic E-state index is 12.6. The number of hydrogen-bond donors (Lipinski definition) is 1. The summed E-state index contributed by atoms with van der Waals surface area (Å²) in [6, 6.07) is 13.8. The molecule has 0 saturated heterocycles. The van der Waals surface area contributed by atoms with Crippen LogP contribution in [0.5, 0.6) is 11.5 Å². The largest absolute Gasteiger partial charge is 0.486 e. The average molecular weight is 475 g/mol. The lowest BCUT2D eigenvalue weighted by Crippen LogP contribution is -2.16. The third-order valence-electron chi connectivity index (χ3n) is 4.51. The quantitative estimate of drug-likeness (QED) is 0.296. The van der Waals surface area contributed by atoms with Crippen molar-refractivity contribution in [3.05, 3.63) is 72.6 Å². The SMILES string of the molecule is C=CCn1c(COc2ccc(CC)cc2)nnc1SCC(=O)Nc1ccccc1OC(F)F. The van der Waals surface area contributed by atoms with Crippen molar-refractivity contribution in [2.75, 3.05) is 11.1 Å². The summed E-state index contributed by atoms with van der Waals surface area (Å²) >= 11 is 1.17. The Bertz CT molecular complexity index is 1070. The first-order valence-electron chi connectivity index (χ1n) is 10.2. The third kappa shape index (κ3) is 7.04. The zero-order valence-electron chi connectivity index (χ0n) is 18.0. The number of nitrogens with one attached hydrogen (secondary N) is 1. The number of nitrogens with zero attached hydrogens (tertiary/aromatic N) is 3. The molecule has 1 amide bonds. The van der Waals surface area contributed by atoms with Gasteiger partial charge in [0.05, 0.1) is 11.4 Å². The van der Waals surface area contributed by atoms with Gasteiger partial charge < -0.3 is 14.8 Å². The van der Waals surface area contributed by atoms with Gasteiger partial charge >= 0.3 is 6.61 Å². The van der Waals surface area contributed by atoms with E-state index >= 15 is 0 Å². The summed E-state index contributed by atoms with van der Waals surface area (Å²) in [5.41, 5.74) is 1.39. The molecule has 174 valence electrons. The zero-order valence-corrected chi connectivity index (χ0v) is 18.9. The van der Waals surface area contributed by atoms with E-state index in [0.29, 0.717) is 17.5 Å². The van der Waals surface area contributed by atoms with E-state index in [2.05, 4.69) is 33.8 Å². The molecule has 2 aromatic carbocycles. The van der Waals surface area contributed by atoms with Gasteiger partial charge in [0.25, 0.3) is 0 Å². The highest BCUT2D eigenvalue weighted by Gasteiger charge is 2.16. The molecule has 0 spiro atoms. The van der Waals surface area contributed by atoms with Gasteiger partial charge in [0, 0.05) is 6.54 Å². The summed E-state index contributed by atoms with van der Waals surface area (Å²) in [5.74, 6) is 0.809. The highest BCUT2D eigenvalue weighted by Crippen LogP contribution is 2.26. The van der Waals surface area contributed by atoms with Crippen molar-refractivity contribution < 1.29 is 23.0 Å². The van der Waals surface area contributed by atoms with Gasteiger partial charge in [0.1, 0.15) is 18.1 Å². The molecule has 0 saturated carbocycles. The number of anilines is 1. The Morgan fingerprint density at radius 3 is 2.67 bits per heavy atom. The summed E-state index contributed by atoms with van der Waals surface area (Å²) in [6.45, 7) is 3.50. The Balaban J connectivity index is 1.61. The molecule has 0 radical (unpaired) electrons. The van der Waals surface area contributed by atoms with Crippen molar-refractivity contribution >= 4 is 23.4 Å². The number of carbonyl (C=O) groups is 1. The summed E-state index contributed by atoms with van der Waals surface area (Å²) in [6.07, 6.45) is 2.65. The number of hydrogen-bond acceptors (Lipinski definition) is 6. The number of benzene rings is 2. The average Bonchev–Trinajstić information content (AvgIpc) is 3.19. The van der Waals surface area contributed by atoms with Crippen molar-refractivity contribution in [2.45, 2.75) is 38.3 Å². The number of thioether (sulfide) groups is 1. The van der Waals surface area contributed by atoms with Crippen molar-refractivity contribution in [3.63, 3.8) is 0 Å². The number of allylic oxidation sites excluding steroid dienone is 1. The Kier molecular flexibility index (Phi) is 8.82. The Labute approximate surface area is 194 Å². The van der Waals surface area contributed by atoms with Crippen LogP contribution in [0.15, 0.2) is 66.3 Å². The number of para-hydroxylation sites is 2. The van der Waals surface area contributed by atoms with E-state index in [1.165, 1.54) is 29.5 Å². The Morgan fingerprint density at radius 2 is 1.97 bits per heavy atom. The predicted molar refractivity (Wildman–Crippen MR) is 123 cm³/mol. The van der Waals surface area contributed by atoms with E-state index in [9.17, 15) is 13.6 Å². The van der Waals surface area contributed by atoms with Crippen LogP contribution in [0.25, 0.3) is 0 Å². The highest BCUT2D eigenvalue weighted by atomic mass is 32.2. The molecule has 1 heterocycles. The van der Waals surface area contributed by atoms with E-state index in [1.54, 1.807) is 22.8 Å². The topological polar surface area (TPSA) is 78.3 Å². The molecule has 10 heteroatoms. The van der Waals surface area contributed by atoms with Gasteiger partial charge in [-0.15, -0.1) is 16.8 Å². The molecule has 3 rings (SSSR count). The number of aryl methyl sites for hydroxylation is 1. The summed E-state index contributed by atoms with van der Waals surface area (Å²) < 4.78 is 37.2. The van der Waals surface area contributed by atoms with Crippen LogP contribution in [0.1, 0.15) is 18.3 Å². The minimum Gasteiger partial charge on any atom is -0.486 e. The lowest BCUT2D eigenvalue weighted by Gasteiger charge is -2.12. The lowest BCUT2D eigenvalue weighted by molar-refractivity contribution is -0.113. The van der Waals surface area contributed by atoms with Gasteiger partial charge in [-0.3, -0.25) is 9.36 Å². The van der Waals surface area contributed by atoms with Gasteiger partial charge in [0.15, 0.2) is 11.0 Å². The molecule has 0 aliphatic carbocycles. The number of aromatic nitrogens is 3. The molecular weight excluding hydrogens is 450 g/mol. The van der Waals surface area contributed by atoms with Crippen LogP contribution in [0.3, 0.4) is 0 Å². The highest BCUT2D eigenvalue weighted by molar-refractivity contribution is 7.99. The molecule has 7 nitrogen and oxygen atoms in total. The summed E-state index contributed by atoms with van der Waals surface area (Å²) in [4.78, 5) is 12.4. The smallest absolute Gasteiger partial charge is 0.387 e. The van der Waals surface area contributed by atoms with Gasteiger partial charge in [0.2, 0.25) is 5.91 Å². The third-order valence-corrected chi connectivity index (χ3v) is 5.48. The normalized spacial score (nSPS) is 10.8. The van der Waals surface area contributed by atoms with Crippen LogP contribution in [-0.4, -0.2) is 33.0 Å². The van der Waals surface area contributed by atoms with Crippen LogP contribution in [0.4, 0.5) is 14.5 Å². The van der Waals surface area contributed by atoms with E-state index in [4.69, 9.17) is 4.74 Å². The maximum absolute atomic E-state index is 12.6. The first-order valence-corrected chi connectivity index (χ1v) is 11.2. The molecule has 0 atom stereocenters. The molecular formula is C23H24F2N4O3S. The number of alkyl halides is 2. The van der Waals surface area contributed by atoms with Gasteiger partial charge in [-0.25, -0.2) is 0 Å². The molecule has 1 aromatic heterocycles. The van der Waals surface area contributed by atoms with Crippen LogP contribution in [0.2, 0.25) is 0 Å². The Hall–Kier alpha value is -3.40. The van der Waals surface area contributed by atoms with E-state index in [0.717, 1.165) is 12.2 Å². The number of rotatable bonds is 12. The van der Waals surface area contributed by atoms with Crippen LogP contribution in [0, 0.1) is 0 Å². The van der Waals surface area contributed by atoms with Gasteiger partial charge in [-0.1, -0.05) is 49.0 Å². The van der Waals surface area contributed by atoms with Crippen molar-refractivity contribution in [1.29, 1.82) is 0 Å². The molecule has 0 bridgehead atoms. The van der Waals surface area contributed by atoms with Crippen LogP contribution in [-0.2, 0) is 24.4 Å². The molecule has 0 unspecified atom stereocenters. The Morgan fingerprint density at radius 1 is 1.21 bits per heavy atom. The van der Waals surface area contributed by atoms with Crippen LogP contribution >= 0.6 is 11.8 Å². The standard InChI is InChI=1S/C23H24F2N4O3S/c1-3-13-29-20(14-31-17-11-9-16(4-2)10-12-17)27-28-23(29)33-15-21(30)26-18-7-5-6-8-19(18)32-22(24)25/h3,5-12,22H,1,4,13-15H2,2H3,(H,26,30). The molecule has 0 aliphatic heterocycles. The first kappa shape index (κ1) is 24.2. The maximum Gasteiger partial charge on any atom is 0.387 e. The van der Waals surface area contributed by atoms with E-state index in [-0.39, 0.29) is 23.8 Å². The van der Waals surface area contributed by atoms with E-state index < -0.39 is 12.5 Å². The summed E-state index contributed by atoms with van der Waals surface area (Å²) in [7, 11) is 0. The molecule has 33 heavy (non-hydrogen) atoms. The summed E-state index contributed by atoms with van der Waals surface area (Å²) in [5, 5.41) is 11.4. The zero-order chi connectivity index (χ0) is 23.6. The van der Waals surface area contributed by atoms with Crippen LogP contribution < -0.4 is 14.8 Å². The molecule has 0 fully saturated rings. The molecule has 3 aromatic rings. The first-order chi connectivity index (χ1) is 16.0. The number of carbonyl (C=O) groups excluding carboxylic acids is 1. The molecule has 1 N–H and O–H groups in total. The van der Waals surface area contributed by atoms with Crippen molar-refractivity contribution in [1.82, 2.24) is 14.8 Å². The monoisotopic (exact) mass is 474 g/mol. The van der Waals surface area contributed by atoms with E-state index in [1.807, 2.05) is 24.3 Å². The predicted octanol–water partition coefficient (Wildman–Crippen LogP) is 4.94. The number of halogens is 2. The fraction of sp³-hybridized carbons (Fsp3) is 0.261. The molecule has 0 aliphatic rings. The fourth-order valence-electron chi connectivity index (χ4n) is 2.90. The fourth-order valence-corrected chi connectivity index (χ4v) is 3.67. The van der Waals surface area contributed by atoms with Crippen molar-refractivity contribution in [2.24, 2.45) is 0 Å². The van der Waals surface area contributed by atoms with Gasteiger partial charge in [-0.2, -0.15) is 8.78 Å². The van der Waals surface area contributed by atoms with Crippen molar-refractivity contribution in [3.8, 4) is 11.5 Å². The second-order valence-corrected chi connectivity index (χ2v) is 7.74. The second-order valence-electron chi connectivity index (χ2n) is 6.80. The number of amides is 1.